The van der Waals surface area contributed by atoms with Crippen molar-refractivity contribution in [2.75, 3.05) is 0 Å². The summed E-state index contributed by atoms with van der Waals surface area (Å²) in [5, 5.41) is 4.68. The fourth-order valence-corrected chi connectivity index (χ4v) is 2.29. The summed E-state index contributed by atoms with van der Waals surface area (Å²) in [6.45, 7) is 0. The SMILES string of the molecule is c1ccc2oncc2c1.c1ccc2scnc2c1. The van der Waals surface area contributed by atoms with E-state index in [-0.39, 0.29) is 0 Å². The van der Waals surface area contributed by atoms with Gasteiger partial charge in [-0.3, -0.25) is 0 Å². The van der Waals surface area contributed by atoms with Crippen LogP contribution in [0.2, 0.25) is 0 Å². The summed E-state index contributed by atoms with van der Waals surface area (Å²) in [5.74, 6) is 0. The predicted octanol–water partition coefficient (Wildman–Crippen LogP) is 4.12. The first kappa shape index (κ1) is 10.9. The first-order valence-electron chi connectivity index (χ1n) is 5.51. The fourth-order valence-electron chi connectivity index (χ4n) is 1.61. The minimum atomic E-state index is 0.845. The Bertz CT molecular complexity index is 634. The van der Waals surface area contributed by atoms with Crippen LogP contribution in [0.4, 0.5) is 0 Å². The molecule has 18 heavy (non-hydrogen) atoms. The maximum absolute atomic E-state index is 4.87. The highest BCUT2D eigenvalue weighted by Gasteiger charge is 1.91. The highest BCUT2D eigenvalue weighted by atomic mass is 32.1. The van der Waals surface area contributed by atoms with Gasteiger partial charge in [-0.2, -0.15) is 0 Å². The van der Waals surface area contributed by atoms with Crippen molar-refractivity contribution in [1.82, 2.24) is 10.1 Å². The molecule has 2 aromatic carbocycles. The van der Waals surface area contributed by atoms with Crippen LogP contribution < -0.4 is 0 Å². The molecule has 4 heteroatoms. The zero-order valence-electron chi connectivity index (χ0n) is 9.48. The van der Waals surface area contributed by atoms with E-state index < -0.39 is 0 Å². The molecule has 0 bridgehead atoms. The van der Waals surface area contributed by atoms with Crippen molar-refractivity contribution in [3.05, 3.63) is 60.2 Å². The highest BCUT2D eigenvalue weighted by molar-refractivity contribution is 7.16. The Kier molecular flexibility index (Phi) is 3.02. The lowest BCUT2D eigenvalue weighted by atomic mass is 10.3. The standard InChI is InChI=1S/C7H5NO.C7H5NS/c1-2-4-7-6(3-1)5-8-9-7;1-2-4-7-6(3-1)8-5-9-7/h2*1-5H. The van der Waals surface area contributed by atoms with Crippen molar-refractivity contribution in [1.29, 1.82) is 0 Å². The fraction of sp³-hybridized carbons (Fsp3) is 0. The van der Waals surface area contributed by atoms with E-state index in [1.165, 1.54) is 4.70 Å². The minimum Gasteiger partial charge on any atom is -0.356 e. The lowest BCUT2D eigenvalue weighted by Gasteiger charge is -1.80. The van der Waals surface area contributed by atoms with Crippen LogP contribution in [0.1, 0.15) is 0 Å². The highest BCUT2D eigenvalue weighted by Crippen LogP contribution is 2.15. The monoisotopic (exact) mass is 254 g/mol. The number of hydrogen-bond acceptors (Lipinski definition) is 4. The van der Waals surface area contributed by atoms with E-state index in [1.807, 2.05) is 48.0 Å². The van der Waals surface area contributed by atoms with Gasteiger partial charge in [-0.25, -0.2) is 4.98 Å². The van der Waals surface area contributed by atoms with Gasteiger partial charge in [-0.05, 0) is 24.3 Å². The van der Waals surface area contributed by atoms with Gasteiger partial charge in [0, 0.05) is 5.39 Å². The molecular formula is C14H10N2OS. The molecule has 0 atom stereocenters. The van der Waals surface area contributed by atoms with Gasteiger partial charge in [0.2, 0.25) is 0 Å². The molecule has 0 aliphatic heterocycles. The summed E-state index contributed by atoms with van der Waals surface area (Å²) < 4.78 is 6.13. The second-order valence-corrected chi connectivity index (χ2v) is 4.57. The van der Waals surface area contributed by atoms with E-state index in [2.05, 4.69) is 16.2 Å². The molecule has 0 amide bonds. The minimum absolute atomic E-state index is 0.845. The van der Waals surface area contributed by atoms with Crippen molar-refractivity contribution >= 4 is 32.5 Å². The van der Waals surface area contributed by atoms with Gasteiger partial charge in [0.1, 0.15) is 0 Å². The maximum atomic E-state index is 4.87. The van der Waals surface area contributed by atoms with Crippen molar-refractivity contribution in [2.24, 2.45) is 0 Å². The van der Waals surface area contributed by atoms with Crippen LogP contribution in [0.25, 0.3) is 21.2 Å². The number of benzene rings is 2. The van der Waals surface area contributed by atoms with Gasteiger partial charge in [-0.15, -0.1) is 11.3 Å². The number of thiazole rings is 1. The average Bonchev–Trinajstić information content (AvgIpc) is 3.08. The molecule has 4 aromatic rings. The largest absolute Gasteiger partial charge is 0.356 e. The first-order valence-corrected chi connectivity index (χ1v) is 6.39. The Morgan fingerprint density at radius 1 is 0.944 bits per heavy atom. The van der Waals surface area contributed by atoms with Gasteiger partial charge in [0.05, 0.1) is 21.9 Å². The summed E-state index contributed by atoms with van der Waals surface area (Å²) in [6, 6.07) is 15.9. The van der Waals surface area contributed by atoms with E-state index in [0.717, 1.165) is 16.5 Å². The Hall–Kier alpha value is -2.20. The summed E-state index contributed by atoms with van der Waals surface area (Å²) in [4.78, 5) is 4.14. The molecule has 2 aromatic heterocycles. The summed E-state index contributed by atoms with van der Waals surface area (Å²) in [7, 11) is 0. The summed E-state index contributed by atoms with van der Waals surface area (Å²) in [6.07, 6.45) is 1.70. The van der Waals surface area contributed by atoms with Crippen LogP contribution in [-0.2, 0) is 0 Å². The van der Waals surface area contributed by atoms with Crippen LogP contribution in [0, 0.1) is 0 Å². The second-order valence-electron chi connectivity index (χ2n) is 3.68. The predicted molar refractivity (Wildman–Crippen MR) is 73.6 cm³/mol. The third-order valence-electron chi connectivity index (χ3n) is 2.50. The van der Waals surface area contributed by atoms with Gasteiger partial charge >= 0.3 is 0 Å². The second kappa shape index (κ2) is 4.98. The van der Waals surface area contributed by atoms with E-state index in [4.69, 9.17) is 4.52 Å². The molecule has 0 radical (unpaired) electrons. The van der Waals surface area contributed by atoms with Crippen LogP contribution >= 0.6 is 11.3 Å². The van der Waals surface area contributed by atoms with Crippen LogP contribution in [0.15, 0.2) is 64.8 Å². The molecular weight excluding hydrogens is 244 g/mol. The van der Waals surface area contributed by atoms with Gasteiger partial charge < -0.3 is 4.52 Å². The lowest BCUT2D eigenvalue weighted by molar-refractivity contribution is 0.456. The zero-order chi connectivity index (χ0) is 12.2. The normalized spacial score (nSPS) is 10.2. The van der Waals surface area contributed by atoms with Crippen molar-refractivity contribution < 1.29 is 4.52 Å². The third-order valence-corrected chi connectivity index (χ3v) is 3.31. The number of fused-ring (bicyclic) bond motifs is 2. The Morgan fingerprint density at radius 2 is 1.78 bits per heavy atom. The van der Waals surface area contributed by atoms with Gasteiger partial charge in [0.25, 0.3) is 0 Å². The zero-order valence-corrected chi connectivity index (χ0v) is 10.3. The summed E-state index contributed by atoms with van der Waals surface area (Å²) >= 11 is 1.68. The van der Waals surface area contributed by atoms with Crippen molar-refractivity contribution in [3.8, 4) is 0 Å². The molecule has 0 aliphatic carbocycles. The number of hydrogen-bond donors (Lipinski definition) is 0. The van der Waals surface area contributed by atoms with E-state index in [9.17, 15) is 0 Å². The third kappa shape index (κ3) is 2.24. The Balaban J connectivity index is 0.000000111. The van der Waals surface area contributed by atoms with E-state index >= 15 is 0 Å². The number of para-hydroxylation sites is 2. The Labute approximate surface area is 108 Å². The van der Waals surface area contributed by atoms with Crippen molar-refractivity contribution in [2.45, 2.75) is 0 Å². The van der Waals surface area contributed by atoms with Gasteiger partial charge in [-0.1, -0.05) is 29.4 Å². The molecule has 2 heterocycles. The molecule has 0 N–H and O–H groups in total. The smallest absolute Gasteiger partial charge is 0.166 e. The topological polar surface area (TPSA) is 38.9 Å². The maximum Gasteiger partial charge on any atom is 0.166 e. The molecule has 0 spiro atoms. The molecule has 0 fully saturated rings. The first-order chi connectivity index (χ1) is 8.93. The number of rotatable bonds is 0. The molecule has 3 nitrogen and oxygen atoms in total. The lowest BCUT2D eigenvalue weighted by Crippen LogP contribution is -1.61. The van der Waals surface area contributed by atoms with Crippen LogP contribution in [-0.4, -0.2) is 10.1 Å². The molecule has 0 saturated carbocycles. The number of nitrogens with zero attached hydrogens (tertiary/aromatic N) is 2. The quantitative estimate of drug-likeness (QED) is 0.473. The van der Waals surface area contributed by atoms with Gasteiger partial charge in [0.15, 0.2) is 5.58 Å². The molecule has 0 aliphatic rings. The molecule has 0 saturated heterocycles. The number of aromatic nitrogens is 2. The molecule has 4 rings (SSSR count). The summed E-state index contributed by atoms with van der Waals surface area (Å²) in [5.41, 5.74) is 3.81. The van der Waals surface area contributed by atoms with E-state index in [1.54, 1.807) is 17.5 Å². The van der Waals surface area contributed by atoms with E-state index in [0.29, 0.717) is 0 Å². The Morgan fingerprint density at radius 3 is 2.67 bits per heavy atom. The molecule has 88 valence electrons. The van der Waals surface area contributed by atoms with Crippen LogP contribution in [0.5, 0.6) is 0 Å². The van der Waals surface area contributed by atoms with Crippen LogP contribution in [0.3, 0.4) is 0 Å². The van der Waals surface area contributed by atoms with Crippen molar-refractivity contribution in [3.63, 3.8) is 0 Å². The molecule has 0 unspecified atom stereocenters. The average molecular weight is 254 g/mol.